The Labute approximate surface area is 255 Å². The molecule has 0 saturated carbocycles. The minimum absolute atomic E-state index is 0.461. The number of pyridine rings is 2. The highest BCUT2D eigenvalue weighted by atomic mass is 35.5. The number of nitriles is 1. The fraction of sp³-hybridized carbons (Fsp3) is 0.273. The molecule has 1 fully saturated rings. The molecular formula is C33H32ClN7S. The van der Waals surface area contributed by atoms with E-state index >= 15 is 0 Å². The van der Waals surface area contributed by atoms with E-state index in [1.54, 1.807) is 12.4 Å². The fourth-order valence-corrected chi connectivity index (χ4v) is 6.53. The molecule has 9 heteroatoms. The molecule has 212 valence electrons. The van der Waals surface area contributed by atoms with Crippen molar-refractivity contribution in [1.29, 1.82) is 5.26 Å². The van der Waals surface area contributed by atoms with Gasteiger partial charge in [0.05, 0.1) is 27.5 Å². The summed E-state index contributed by atoms with van der Waals surface area (Å²) in [6.07, 6.45) is 11.1. The number of nitrogens with one attached hydrogen (secondary N) is 1. The molecule has 6 rings (SSSR count). The van der Waals surface area contributed by atoms with Gasteiger partial charge < -0.3 is 9.88 Å². The van der Waals surface area contributed by atoms with Crippen LogP contribution in [0.25, 0.3) is 22.2 Å². The molecule has 42 heavy (non-hydrogen) atoms. The second-order valence-corrected chi connectivity index (χ2v) is 12.2. The van der Waals surface area contributed by atoms with E-state index in [2.05, 4.69) is 45.3 Å². The van der Waals surface area contributed by atoms with Gasteiger partial charge in [-0.3, -0.25) is 14.9 Å². The fourth-order valence-electron chi connectivity index (χ4n) is 5.43. The Morgan fingerprint density at radius 1 is 1.05 bits per heavy atom. The maximum atomic E-state index is 9.84. The van der Waals surface area contributed by atoms with Crippen LogP contribution in [0, 0.1) is 17.2 Å². The lowest BCUT2D eigenvalue weighted by atomic mass is 9.94. The Morgan fingerprint density at radius 2 is 1.90 bits per heavy atom. The largest absolute Gasteiger partial charge is 0.354 e. The first-order valence-electron chi connectivity index (χ1n) is 14.2. The lowest BCUT2D eigenvalue weighted by molar-refractivity contribution is 0.175. The third kappa shape index (κ3) is 6.14. The molecule has 4 heterocycles. The van der Waals surface area contributed by atoms with E-state index < -0.39 is 0 Å². The van der Waals surface area contributed by atoms with Crippen LogP contribution in [0.2, 0.25) is 5.02 Å². The molecule has 0 radical (unpaired) electrons. The maximum absolute atomic E-state index is 9.84. The Balaban J connectivity index is 1.21. The summed E-state index contributed by atoms with van der Waals surface area (Å²) in [5, 5.41) is 15.6. The van der Waals surface area contributed by atoms with E-state index in [0.717, 1.165) is 63.5 Å². The van der Waals surface area contributed by atoms with E-state index in [4.69, 9.17) is 16.6 Å². The summed E-state index contributed by atoms with van der Waals surface area (Å²) in [5.74, 6) is 0.878. The second kappa shape index (κ2) is 12.5. The number of hydrogen-bond acceptors (Lipinski definition) is 7. The first-order valence-corrected chi connectivity index (χ1v) is 15.4. The average Bonchev–Trinajstić information content (AvgIpc) is 3.43. The van der Waals surface area contributed by atoms with Gasteiger partial charge >= 0.3 is 0 Å². The van der Waals surface area contributed by atoms with Crippen LogP contribution >= 0.6 is 23.4 Å². The number of halogens is 1. The number of likely N-dealkylation sites (tertiary alicyclic amines) is 1. The normalized spacial score (nSPS) is 14.2. The first-order chi connectivity index (χ1) is 20.5. The van der Waals surface area contributed by atoms with Gasteiger partial charge in [0.15, 0.2) is 5.16 Å². The van der Waals surface area contributed by atoms with Crippen LogP contribution in [0.15, 0.2) is 83.4 Å². The van der Waals surface area contributed by atoms with E-state index in [-0.39, 0.29) is 0 Å². The third-order valence-corrected chi connectivity index (χ3v) is 9.56. The van der Waals surface area contributed by atoms with Gasteiger partial charge in [0.2, 0.25) is 0 Å². The average molecular weight is 594 g/mol. The maximum Gasteiger partial charge on any atom is 0.172 e. The van der Waals surface area contributed by atoms with Crippen molar-refractivity contribution in [3.05, 3.63) is 89.5 Å². The van der Waals surface area contributed by atoms with Crippen LogP contribution < -0.4 is 5.32 Å². The van der Waals surface area contributed by atoms with E-state index in [9.17, 15) is 5.26 Å². The van der Waals surface area contributed by atoms with Gasteiger partial charge in [0, 0.05) is 59.9 Å². The molecule has 7 nitrogen and oxygen atoms in total. The van der Waals surface area contributed by atoms with Crippen LogP contribution in [0.5, 0.6) is 0 Å². The monoisotopic (exact) mass is 593 g/mol. The zero-order chi connectivity index (χ0) is 29.1. The Kier molecular flexibility index (Phi) is 8.43. The number of rotatable bonds is 8. The van der Waals surface area contributed by atoms with Crippen molar-refractivity contribution in [2.45, 2.75) is 42.8 Å². The van der Waals surface area contributed by atoms with Gasteiger partial charge in [0.1, 0.15) is 6.07 Å². The van der Waals surface area contributed by atoms with Crippen molar-refractivity contribution in [3.63, 3.8) is 0 Å². The van der Waals surface area contributed by atoms with Crippen LogP contribution in [-0.4, -0.2) is 37.5 Å². The highest BCUT2D eigenvalue weighted by Crippen LogP contribution is 2.36. The lowest BCUT2D eigenvalue weighted by Gasteiger charge is -2.31. The number of imidazole rings is 1. The quantitative estimate of drug-likeness (QED) is 0.195. The molecule has 1 N–H and O–H groups in total. The summed E-state index contributed by atoms with van der Waals surface area (Å²) in [6.45, 7) is 5.57. The molecule has 1 saturated heterocycles. The molecule has 0 amide bonds. The zero-order valence-electron chi connectivity index (χ0n) is 23.7. The predicted octanol–water partition coefficient (Wildman–Crippen LogP) is 8.07. The van der Waals surface area contributed by atoms with Gasteiger partial charge in [-0.25, -0.2) is 4.98 Å². The summed E-state index contributed by atoms with van der Waals surface area (Å²) in [5.41, 5.74) is 5.85. The summed E-state index contributed by atoms with van der Waals surface area (Å²) in [4.78, 5) is 17.2. The highest BCUT2D eigenvalue weighted by molar-refractivity contribution is 7.99. The summed E-state index contributed by atoms with van der Waals surface area (Å²) in [6, 6.07) is 18.4. The molecule has 0 atom stereocenters. The van der Waals surface area contributed by atoms with E-state index in [1.807, 2.05) is 60.4 Å². The Bertz CT molecular complexity index is 1750. The highest BCUT2D eigenvalue weighted by Gasteiger charge is 2.18. The molecule has 0 aliphatic carbocycles. The van der Waals surface area contributed by atoms with E-state index in [1.165, 1.54) is 36.6 Å². The summed E-state index contributed by atoms with van der Waals surface area (Å²) in [7, 11) is 1.95. The lowest BCUT2D eigenvalue weighted by Crippen LogP contribution is -2.33. The van der Waals surface area contributed by atoms with Crippen LogP contribution in [-0.2, 0) is 13.6 Å². The minimum Gasteiger partial charge on any atom is -0.354 e. The van der Waals surface area contributed by atoms with Gasteiger partial charge in [-0.15, -0.1) is 0 Å². The zero-order valence-corrected chi connectivity index (χ0v) is 25.3. The van der Waals surface area contributed by atoms with Crippen molar-refractivity contribution in [2.24, 2.45) is 13.0 Å². The summed E-state index contributed by atoms with van der Waals surface area (Å²) >= 11 is 8.14. The van der Waals surface area contributed by atoms with Crippen molar-refractivity contribution in [2.75, 3.05) is 18.4 Å². The molecular weight excluding hydrogens is 562 g/mol. The van der Waals surface area contributed by atoms with Gasteiger partial charge in [-0.1, -0.05) is 48.8 Å². The van der Waals surface area contributed by atoms with Crippen LogP contribution in [0.4, 0.5) is 11.4 Å². The number of fused-ring (bicyclic) bond motifs is 1. The van der Waals surface area contributed by atoms with Crippen LogP contribution in [0.3, 0.4) is 0 Å². The molecule has 0 bridgehead atoms. The number of aromatic nitrogens is 4. The van der Waals surface area contributed by atoms with Crippen molar-refractivity contribution in [1.82, 2.24) is 24.4 Å². The summed E-state index contributed by atoms with van der Waals surface area (Å²) < 4.78 is 1.95. The SMILES string of the molecule is CCC1CCN(Cc2ccc(-c3ccc4c(Nc5ccc(Sc6nccn6C)c(Cl)c5)c(C#N)cnc4c3)nc2)CC1. The predicted molar refractivity (Wildman–Crippen MR) is 170 cm³/mol. The number of aryl methyl sites for hydroxylation is 1. The topological polar surface area (TPSA) is 82.7 Å². The van der Waals surface area contributed by atoms with Crippen molar-refractivity contribution < 1.29 is 0 Å². The molecule has 1 aliphatic heterocycles. The smallest absolute Gasteiger partial charge is 0.172 e. The van der Waals surface area contributed by atoms with Gasteiger partial charge in [0.25, 0.3) is 0 Å². The van der Waals surface area contributed by atoms with Crippen LogP contribution in [0.1, 0.15) is 37.3 Å². The van der Waals surface area contributed by atoms with E-state index in [0.29, 0.717) is 16.3 Å². The van der Waals surface area contributed by atoms with Crippen molar-refractivity contribution >= 4 is 45.6 Å². The third-order valence-electron chi connectivity index (χ3n) is 7.98. The van der Waals surface area contributed by atoms with Crippen molar-refractivity contribution in [3.8, 4) is 17.3 Å². The Hall–Kier alpha value is -3.90. The number of hydrogen-bond donors (Lipinski definition) is 1. The molecule has 0 unspecified atom stereocenters. The molecule has 1 aliphatic rings. The number of benzene rings is 2. The van der Waals surface area contributed by atoms with Gasteiger partial charge in [-0.2, -0.15) is 5.26 Å². The minimum atomic E-state index is 0.461. The number of piperidine rings is 1. The molecule has 5 aromatic rings. The number of anilines is 2. The molecule has 2 aromatic carbocycles. The number of nitrogens with zero attached hydrogens (tertiary/aromatic N) is 6. The molecule has 3 aromatic heterocycles. The molecule has 0 spiro atoms. The second-order valence-electron chi connectivity index (χ2n) is 10.8. The van der Waals surface area contributed by atoms with Gasteiger partial charge in [-0.05, 0) is 73.8 Å². The standard InChI is InChI=1S/C33H32ClN7S/c1-3-22-10-13-41(14-11-22)21-23-4-8-29(37-19-23)24-5-7-27-30(16-24)38-20-25(18-35)32(27)39-26-6-9-31(28(34)17-26)42-33-36-12-15-40(33)2/h4-9,12,15-17,19-20,22H,3,10-11,13-14,21H2,1-2H3,(H,38,39). The first kappa shape index (κ1) is 28.2. The Morgan fingerprint density at radius 3 is 2.60 bits per heavy atom.